The van der Waals surface area contributed by atoms with Gasteiger partial charge in [0.15, 0.2) is 5.78 Å². The van der Waals surface area contributed by atoms with Gasteiger partial charge in [-0.3, -0.25) is 4.79 Å². The second-order valence-electron chi connectivity index (χ2n) is 12.2. The number of ether oxygens (including phenoxy) is 2. The molecule has 1 atom stereocenters. The highest BCUT2D eigenvalue weighted by Crippen LogP contribution is 2.26. The van der Waals surface area contributed by atoms with Crippen LogP contribution in [0, 0.1) is 5.92 Å². The van der Waals surface area contributed by atoms with E-state index in [0.717, 1.165) is 59.3 Å². The fourth-order valence-electron chi connectivity index (χ4n) is 5.56. The minimum Gasteiger partial charge on any atom is -0.494 e. The van der Waals surface area contributed by atoms with Gasteiger partial charge in [-0.05, 0) is 53.4 Å². The molecule has 0 amide bonds. The molecule has 0 bridgehead atoms. The van der Waals surface area contributed by atoms with E-state index in [1.807, 2.05) is 30.3 Å². The van der Waals surface area contributed by atoms with Crippen LogP contribution in [0.5, 0.6) is 11.5 Å². The summed E-state index contributed by atoms with van der Waals surface area (Å²) in [5.74, 6) is 2.11. The van der Waals surface area contributed by atoms with Crippen LogP contribution in [0.2, 0.25) is 0 Å². The average Bonchev–Trinajstić information content (AvgIpc) is 3.02. The van der Waals surface area contributed by atoms with Crippen molar-refractivity contribution in [2.24, 2.45) is 5.92 Å². The zero-order chi connectivity index (χ0) is 29.8. The molecule has 0 aromatic heterocycles. The number of benzene rings is 3. The molecule has 0 unspecified atom stereocenters. The first-order valence-electron chi connectivity index (χ1n) is 17.0. The summed E-state index contributed by atoms with van der Waals surface area (Å²) in [4.78, 5) is 12.8. The molecule has 3 aromatic rings. The average molecular weight is 573 g/mol. The molecular weight excluding hydrogens is 516 g/mol. The van der Waals surface area contributed by atoms with Crippen LogP contribution in [0.15, 0.2) is 60.7 Å². The smallest absolute Gasteiger partial charge is 0.165 e. The largest absolute Gasteiger partial charge is 0.494 e. The number of Topliss-reactive ketones (excluding diaryl/α,β-unsaturated/α-hetero) is 1. The minimum absolute atomic E-state index is 0.0806. The lowest BCUT2D eigenvalue weighted by molar-refractivity contribution is 0.0922. The topological polar surface area (TPSA) is 35.5 Å². The van der Waals surface area contributed by atoms with Crippen molar-refractivity contribution >= 4 is 16.6 Å². The Labute approximate surface area is 256 Å². The Bertz CT molecular complexity index is 1150. The Morgan fingerprint density at radius 1 is 0.595 bits per heavy atom. The Morgan fingerprint density at radius 3 is 1.67 bits per heavy atom. The van der Waals surface area contributed by atoms with Crippen LogP contribution in [0.4, 0.5) is 0 Å². The monoisotopic (exact) mass is 572 g/mol. The van der Waals surface area contributed by atoms with E-state index in [-0.39, 0.29) is 11.7 Å². The molecular formula is C39H56O3. The van der Waals surface area contributed by atoms with Crippen molar-refractivity contribution in [3.05, 3.63) is 71.8 Å². The number of hydrogen-bond acceptors (Lipinski definition) is 3. The fraction of sp³-hybridized carbons (Fsp3) is 0.564. The van der Waals surface area contributed by atoms with Crippen molar-refractivity contribution in [1.29, 1.82) is 0 Å². The molecule has 3 rings (SSSR count). The van der Waals surface area contributed by atoms with E-state index in [1.165, 1.54) is 83.5 Å². The van der Waals surface area contributed by atoms with E-state index in [1.54, 1.807) is 0 Å². The van der Waals surface area contributed by atoms with Gasteiger partial charge in [-0.1, -0.05) is 147 Å². The molecule has 3 nitrogen and oxygen atoms in total. The fourth-order valence-corrected chi connectivity index (χ4v) is 5.56. The quantitative estimate of drug-likeness (QED) is 0.0837. The van der Waals surface area contributed by atoms with Crippen LogP contribution in [0.3, 0.4) is 0 Å². The molecule has 3 aromatic carbocycles. The van der Waals surface area contributed by atoms with Crippen molar-refractivity contribution in [2.45, 2.75) is 130 Å². The Balaban J connectivity index is 1.34. The van der Waals surface area contributed by atoms with Crippen molar-refractivity contribution < 1.29 is 14.3 Å². The number of carbonyl (C=O) groups is 1. The van der Waals surface area contributed by atoms with Gasteiger partial charge in [0, 0.05) is 11.5 Å². The van der Waals surface area contributed by atoms with Gasteiger partial charge in [-0.15, -0.1) is 0 Å². The summed E-state index contributed by atoms with van der Waals surface area (Å²) in [6, 6.07) is 20.4. The molecule has 0 aliphatic rings. The summed E-state index contributed by atoms with van der Waals surface area (Å²) in [7, 11) is 0. The molecule has 0 radical (unpaired) electrons. The third-order valence-electron chi connectivity index (χ3n) is 8.38. The van der Waals surface area contributed by atoms with Gasteiger partial charge < -0.3 is 9.47 Å². The molecule has 0 N–H and O–H groups in total. The molecule has 0 aliphatic carbocycles. The molecule has 42 heavy (non-hydrogen) atoms. The van der Waals surface area contributed by atoms with Crippen LogP contribution >= 0.6 is 0 Å². The lowest BCUT2D eigenvalue weighted by Crippen LogP contribution is -2.11. The van der Waals surface area contributed by atoms with E-state index in [0.29, 0.717) is 6.61 Å². The summed E-state index contributed by atoms with van der Waals surface area (Å²) >= 11 is 0. The summed E-state index contributed by atoms with van der Waals surface area (Å²) in [5.41, 5.74) is 1.86. The molecule has 0 aliphatic heterocycles. The Morgan fingerprint density at radius 2 is 1.10 bits per heavy atom. The van der Waals surface area contributed by atoms with Crippen molar-refractivity contribution in [3.63, 3.8) is 0 Å². The van der Waals surface area contributed by atoms with E-state index in [9.17, 15) is 4.79 Å². The van der Waals surface area contributed by atoms with Gasteiger partial charge in [-0.2, -0.15) is 0 Å². The summed E-state index contributed by atoms with van der Waals surface area (Å²) in [5, 5.41) is 2.30. The van der Waals surface area contributed by atoms with Crippen LogP contribution in [0.25, 0.3) is 10.8 Å². The van der Waals surface area contributed by atoms with Crippen molar-refractivity contribution in [1.82, 2.24) is 0 Å². The Kier molecular flexibility index (Phi) is 16.2. The molecule has 3 heteroatoms. The zero-order valence-electron chi connectivity index (χ0n) is 26.8. The van der Waals surface area contributed by atoms with Crippen LogP contribution < -0.4 is 9.47 Å². The van der Waals surface area contributed by atoms with Crippen molar-refractivity contribution in [3.8, 4) is 11.5 Å². The molecule has 0 spiro atoms. The normalized spacial score (nSPS) is 12.0. The van der Waals surface area contributed by atoms with Gasteiger partial charge in [-0.25, -0.2) is 0 Å². The van der Waals surface area contributed by atoms with Gasteiger partial charge >= 0.3 is 0 Å². The first-order valence-corrected chi connectivity index (χ1v) is 17.0. The second kappa shape index (κ2) is 20.2. The summed E-state index contributed by atoms with van der Waals surface area (Å²) in [6.07, 6.45) is 20.6. The van der Waals surface area contributed by atoms with E-state index >= 15 is 0 Å². The van der Waals surface area contributed by atoms with Crippen molar-refractivity contribution in [2.75, 3.05) is 6.61 Å². The van der Waals surface area contributed by atoms with Gasteiger partial charge in [0.2, 0.25) is 0 Å². The highest BCUT2D eigenvalue weighted by atomic mass is 16.5. The SMILES string of the molecule is CCCCCCCCCCCCCOc1ccc2cc(OCc3ccc(C(=O)[C@H](C)CCCCCC)cc3)ccc2c1. The lowest BCUT2D eigenvalue weighted by Gasteiger charge is -2.12. The van der Waals surface area contributed by atoms with Gasteiger partial charge in [0.25, 0.3) is 0 Å². The predicted octanol–water partition coefficient (Wildman–Crippen LogP) is 11.9. The minimum atomic E-state index is 0.0806. The third kappa shape index (κ3) is 12.6. The maximum atomic E-state index is 12.8. The van der Waals surface area contributed by atoms with Gasteiger partial charge in [0.05, 0.1) is 6.61 Å². The maximum Gasteiger partial charge on any atom is 0.165 e. The van der Waals surface area contributed by atoms with E-state index < -0.39 is 0 Å². The van der Waals surface area contributed by atoms with Crippen LogP contribution in [-0.2, 0) is 6.61 Å². The second-order valence-corrected chi connectivity index (χ2v) is 12.2. The lowest BCUT2D eigenvalue weighted by atomic mass is 9.93. The Hall–Kier alpha value is -2.81. The number of unbranched alkanes of at least 4 members (excludes halogenated alkanes) is 13. The van der Waals surface area contributed by atoms with Crippen LogP contribution in [0.1, 0.15) is 139 Å². The number of rotatable bonds is 23. The standard InChI is InChI=1S/C39H56O3/c1-4-6-8-10-11-12-13-14-15-16-18-28-41-37-26-24-36-30-38(27-25-35(36)29-37)42-31-33-20-22-34(23-21-33)39(40)32(3)19-17-9-7-5-2/h20-27,29-30,32H,4-19,28,31H2,1-3H3/t32-/m1/s1. The predicted molar refractivity (Wildman–Crippen MR) is 179 cm³/mol. The molecule has 0 saturated carbocycles. The first kappa shape index (κ1) is 33.7. The molecule has 0 heterocycles. The number of fused-ring (bicyclic) bond motifs is 1. The molecule has 0 saturated heterocycles. The van der Waals surface area contributed by atoms with E-state index in [4.69, 9.17) is 9.47 Å². The zero-order valence-corrected chi connectivity index (χ0v) is 26.8. The van der Waals surface area contributed by atoms with E-state index in [2.05, 4.69) is 51.1 Å². The highest BCUT2D eigenvalue weighted by Gasteiger charge is 2.14. The maximum absolute atomic E-state index is 12.8. The highest BCUT2D eigenvalue weighted by molar-refractivity contribution is 5.97. The molecule has 230 valence electrons. The number of carbonyl (C=O) groups excluding carboxylic acids is 1. The summed E-state index contributed by atoms with van der Waals surface area (Å²) in [6.45, 7) is 7.81. The van der Waals surface area contributed by atoms with Gasteiger partial charge in [0.1, 0.15) is 18.1 Å². The number of hydrogen-bond donors (Lipinski definition) is 0. The summed E-state index contributed by atoms with van der Waals surface area (Å²) < 4.78 is 12.1. The molecule has 0 fully saturated rings. The first-order chi connectivity index (χ1) is 20.6. The number of ketones is 1. The van der Waals surface area contributed by atoms with Crippen LogP contribution in [-0.4, -0.2) is 12.4 Å². The third-order valence-corrected chi connectivity index (χ3v) is 8.38.